The van der Waals surface area contributed by atoms with Crippen LogP contribution < -0.4 is 0 Å². The molecule has 2 fully saturated rings. The van der Waals surface area contributed by atoms with Crippen LogP contribution in [0.2, 0.25) is 0 Å². The maximum Gasteiger partial charge on any atom is 0.159 e. The van der Waals surface area contributed by atoms with Crippen molar-refractivity contribution in [3.8, 4) is 0 Å². The second-order valence-corrected chi connectivity index (χ2v) is 5.31. The van der Waals surface area contributed by atoms with Gasteiger partial charge in [0, 0.05) is 18.3 Å². The van der Waals surface area contributed by atoms with Crippen LogP contribution in [0.5, 0.6) is 0 Å². The highest BCUT2D eigenvalue weighted by Crippen LogP contribution is 2.32. The first-order valence-electron chi connectivity index (χ1n) is 5.38. The Kier molecular flexibility index (Phi) is 4.10. The molecule has 0 spiro atoms. The minimum absolute atomic E-state index is 0.0119. The number of rotatable bonds is 4. The van der Waals surface area contributed by atoms with E-state index in [1.807, 2.05) is 11.8 Å². The van der Waals surface area contributed by atoms with Crippen LogP contribution in [0.25, 0.3) is 0 Å². The average molecular weight is 218 g/mol. The molecule has 0 saturated carbocycles. The Balaban J connectivity index is 1.67. The summed E-state index contributed by atoms with van der Waals surface area (Å²) in [7, 11) is 0. The van der Waals surface area contributed by atoms with E-state index >= 15 is 0 Å². The molecule has 4 heteroatoms. The normalized spacial score (nSPS) is 37.9. The molecule has 3 atom stereocenters. The lowest BCUT2D eigenvalue weighted by atomic mass is 10.2. The summed E-state index contributed by atoms with van der Waals surface area (Å²) in [4.78, 5) is 0. The molecule has 0 aromatic rings. The lowest BCUT2D eigenvalue weighted by Gasteiger charge is -2.14. The third kappa shape index (κ3) is 2.86. The number of hydrogen-bond acceptors (Lipinski definition) is 4. The summed E-state index contributed by atoms with van der Waals surface area (Å²) in [6, 6.07) is 0. The summed E-state index contributed by atoms with van der Waals surface area (Å²) >= 11 is 2.03. The van der Waals surface area contributed by atoms with Crippen molar-refractivity contribution < 1.29 is 14.6 Å². The third-order valence-corrected chi connectivity index (χ3v) is 4.17. The van der Waals surface area contributed by atoms with Gasteiger partial charge in [-0.2, -0.15) is 11.8 Å². The van der Waals surface area contributed by atoms with E-state index in [4.69, 9.17) is 14.6 Å². The monoisotopic (exact) mass is 218 g/mol. The highest BCUT2D eigenvalue weighted by atomic mass is 32.2. The molecule has 2 rings (SSSR count). The van der Waals surface area contributed by atoms with E-state index in [2.05, 4.69) is 0 Å². The van der Waals surface area contributed by atoms with E-state index in [0.29, 0.717) is 13.0 Å². The number of thioether (sulfide) groups is 1. The summed E-state index contributed by atoms with van der Waals surface area (Å²) in [6.07, 6.45) is 4.47. The van der Waals surface area contributed by atoms with Crippen molar-refractivity contribution in [3.05, 3.63) is 0 Å². The highest BCUT2D eigenvalue weighted by molar-refractivity contribution is 8.00. The van der Waals surface area contributed by atoms with Crippen LogP contribution in [-0.2, 0) is 9.47 Å². The van der Waals surface area contributed by atoms with E-state index in [-0.39, 0.29) is 19.0 Å². The first-order chi connectivity index (χ1) is 6.88. The van der Waals surface area contributed by atoms with Crippen LogP contribution in [0.3, 0.4) is 0 Å². The average Bonchev–Trinajstić information content (AvgIpc) is 2.79. The highest BCUT2D eigenvalue weighted by Gasteiger charge is 2.29. The van der Waals surface area contributed by atoms with Gasteiger partial charge in [-0.3, -0.25) is 0 Å². The van der Waals surface area contributed by atoms with Crippen LogP contribution >= 0.6 is 11.8 Å². The summed E-state index contributed by atoms with van der Waals surface area (Å²) in [5.41, 5.74) is 0. The molecule has 14 heavy (non-hydrogen) atoms. The molecular weight excluding hydrogens is 200 g/mol. The van der Waals surface area contributed by atoms with E-state index < -0.39 is 0 Å². The van der Waals surface area contributed by atoms with Gasteiger partial charge in [0.05, 0.1) is 12.7 Å². The smallest absolute Gasteiger partial charge is 0.159 e. The van der Waals surface area contributed by atoms with E-state index in [0.717, 1.165) is 11.7 Å². The number of aliphatic hydroxyl groups is 1. The molecule has 3 unspecified atom stereocenters. The fourth-order valence-corrected chi connectivity index (χ4v) is 3.26. The molecule has 2 aliphatic rings. The van der Waals surface area contributed by atoms with Gasteiger partial charge in [-0.15, -0.1) is 0 Å². The lowest BCUT2D eigenvalue weighted by Crippen LogP contribution is -2.17. The van der Waals surface area contributed by atoms with Crippen LogP contribution in [0.4, 0.5) is 0 Å². The molecular formula is C10H18O3S. The molecule has 82 valence electrons. The topological polar surface area (TPSA) is 38.7 Å². The Morgan fingerprint density at radius 2 is 2.36 bits per heavy atom. The molecule has 2 saturated heterocycles. The van der Waals surface area contributed by atoms with Crippen LogP contribution in [0.15, 0.2) is 0 Å². The zero-order chi connectivity index (χ0) is 9.80. The second-order valence-electron chi connectivity index (χ2n) is 3.90. The van der Waals surface area contributed by atoms with E-state index in [1.54, 1.807) is 0 Å². The molecule has 2 heterocycles. The summed E-state index contributed by atoms with van der Waals surface area (Å²) < 4.78 is 11.2. The fourth-order valence-electron chi connectivity index (χ4n) is 1.97. The zero-order valence-electron chi connectivity index (χ0n) is 8.35. The maximum absolute atomic E-state index is 8.76. The predicted octanol–water partition coefficient (Wildman–Crippen LogP) is 1.40. The Morgan fingerprint density at radius 1 is 1.43 bits per heavy atom. The van der Waals surface area contributed by atoms with Crippen molar-refractivity contribution in [2.24, 2.45) is 0 Å². The molecule has 0 aliphatic carbocycles. The van der Waals surface area contributed by atoms with Gasteiger partial charge in [-0.25, -0.2) is 0 Å². The molecule has 0 amide bonds. The molecule has 0 bridgehead atoms. The van der Waals surface area contributed by atoms with Crippen molar-refractivity contribution in [2.75, 3.05) is 19.0 Å². The quantitative estimate of drug-likeness (QED) is 0.774. The SMILES string of the molecule is OCCC1COC(CC2CCCS2)O1. The lowest BCUT2D eigenvalue weighted by molar-refractivity contribution is -0.0643. The van der Waals surface area contributed by atoms with Crippen molar-refractivity contribution in [1.82, 2.24) is 0 Å². The minimum atomic E-state index is -0.0119. The molecule has 2 aliphatic heterocycles. The minimum Gasteiger partial charge on any atom is -0.396 e. The van der Waals surface area contributed by atoms with Gasteiger partial charge in [0.1, 0.15) is 0 Å². The van der Waals surface area contributed by atoms with Gasteiger partial charge >= 0.3 is 0 Å². The van der Waals surface area contributed by atoms with E-state index in [9.17, 15) is 0 Å². The standard InChI is InChI=1S/C10H18O3S/c11-4-3-8-7-12-10(13-8)6-9-2-1-5-14-9/h8-11H,1-7H2. The van der Waals surface area contributed by atoms with Gasteiger partial charge in [-0.1, -0.05) is 0 Å². The van der Waals surface area contributed by atoms with Gasteiger partial charge in [-0.05, 0) is 25.0 Å². The van der Waals surface area contributed by atoms with Crippen LogP contribution in [0, 0.1) is 0 Å². The number of aliphatic hydroxyl groups excluding tert-OH is 1. The largest absolute Gasteiger partial charge is 0.396 e. The fraction of sp³-hybridized carbons (Fsp3) is 1.00. The van der Waals surface area contributed by atoms with Crippen LogP contribution in [-0.4, -0.2) is 41.7 Å². The summed E-state index contributed by atoms with van der Waals surface area (Å²) in [5.74, 6) is 1.29. The number of hydrogen-bond donors (Lipinski definition) is 1. The van der Waals surface area contributed by atoms with Crippen molar-refractivity contribution in [2.45, 2.75) is 43.3 Å². The van der Waals surface area contributed by atoms with Crippen molar-refractivity contribution in [1.29, 1.82) is 0 Å². The van der Waals surface area contributed by atoms with Crippen molar-refractivity contribution >= 4 is 11.8 Å². The zero-order valence-corrected chi connectivity index (χ0v) is 9.17. The Morgan fingerprint density at radius 3 is 3.07 bits per heavy atom. The first-order valence-corrected chi connectivity index (χ1v) is 6.43. The Bertz CT molecular complexity index is 171. The van der Waals surface area contributed by atoms with Gasteiger partial charge in [0.15, 0.2) is 6.29 Å². The Hall–Kier alpha value is 0.230. The van der Waals surface area contributed by atoms with Gasteiger partial charge < -0.3 is 14.6 Å². The van der Waals surface area contributed by atoms with Crippen LogP contribution in [0.1, 0.15) is 25.7 Å². The van der Waals surface area contributed by atoms with Gasteiger partial charge in [0.2, 0.25) is 0 Å². The second kappa shape index (κ2) is 5.35. The van der Waals surface area contributed by atoms with Crippen molar-refractivity contribution in [3.63, 3.8) is 0 Å². The first kappa shape index (κ1) is 10.7. The number of ether oxygens (including phenoxy) is 2. The maximum atomic E-state index is 8.76. The molecule has 1 N–H and O–H groups in total. The summed E-state index contributed by atoms with van der Waals surface area (Å²) in [5, 5.41) is 9.49. The molecule has 0 aromatic carbocycles. The van der Waals surface area contributed by atoms with Gasteiger partial charge in [0.25, 0.3) is 0 Å². The molecule has 3 nitrogen and oxygen atoms in total. The summed E-state index contributed by atoms with van der Waals surface area (Å²) in [6.45, 7) is 0.849. The molecule has 0 aromatic heterocycles. The predicted molar refractivity (Wildman–Crippen MR) is 56.4 cm³/mol. The third-order valence-electron chi connectivity index (χ3n) is 2.74. The van der Waals surface area contributed by atoms with E-state index in [1.165, 1.54) is 18.6 Å². The molecule has 0 radical (unpaired) electrons. The Labute approximate surface area is 89.2 Å².